The number of rotatable bonds is 4. The number of carbonyl (C=O) groups is 3. The Morgan fingerprint density at radius 3 is 2.67 bits per heavy atom. The van der Waals surface area contributed by atoms with Gasteiger partial charge >= 0.3 is 6.03 Å². The third-order valence-electron chi connectivity index (χ3n) is 2.79. The summed E-state index contributed by atoms with van der Waals surface area (Å²) >= 11 is 0. The zero-order valence-corrected chi connectivity index (χ0v) is 9.77. The predicted molar refractivity (Wildman–Crippen MR) is 60.3 cm³/mol. The molecule has 1 fully saturated rings. The Kier molecular flexibility index (Phi) is 3.05. The number of amides is 3. The molecule has 0 radical (unpaired) electrons. The second kappa shape index (κ2) is 4.52. The summed E-state index contributed by atoms with van der Waals surface area (Å²) in [5, 5.41) is 4.70. The van der Waals surface area contributed by atoms with Crippen molar-refractivity contribution in [3.8, 4) is 0 Å². The second-order valence-electron chi connectivity index (χ2n) is 4.11. The number of nitrogens with one attached hydrogen (secondary N) is 2. The van der Waals surface area contributed by atoms with Crippen molar-refractivity contribution in [1.29, 1.82) is 0 Å². The fourth-order valence-corrected chi connectivity index (χ4v) is 1.86. The van der Waals surface area contributed by atoms with Crippen LogP contribution in [0, 0.1) is 0 Å². The molecule has 2 heterocycles. The molecule has 2 N–H and O–H groups in total. The molecule has 1 aliphatic heterocycles. The molecule has 1 unspecified atom stereocenters. The molecule has 1 atom stereocenters. The second-order valence-corrected chi connectivity index (χ2v) is 4.11. The minimum atomic E-state index is -1.29. The molecule has 7 heteroatoms. The van der Waals surface area contributed by atoms with E-state index in [0.29, 0.717) is 5.69 Å². The highest BCUT2D eigenvalue weighted by Crippen LogP contribution is 2.28. The summed E-state index contributed by atoms with van der Waals surface area (Å²) in [4.78, 5) is 42.3. The van der Waals surface area contributed by atoms with Crippen molar-refractivity contribution >= 4 is 17.7 Å². The lowest BCUT2D eigenvalue weighted by Crippen LogP contribution is -2.44. The maximum atomic E-state index is 11.9. The highest BCUT2D eigenvalue weighted by Gasteiger charge is 2.48. The van der Waals surface area contributed by atoms with Crippen molar-refractivity contribution < 1.29 is 14.4 Å². The number of aromatic nitrogens is 2. The lowest BCUT2D eigenvalue weighted by Gasteiger charge is -2.24. The van der Waals surface area contributed by atoms with Crippen molar-refractivity contribution in [3.63, 3.8) is 0 Å². The number of imide groups is 1. The molecular formula is C11H12N4O3. The molecule has 18 heavy (non-hydrogen) atoms. The quantitative estimate of drug-likeness (QED) is 0.723. The first-order valence-electron chi connectivity index (χ1n) is 5.44. The fraction of sp³-hybridized carbons (Fsp3) is 0.364. The van der Waals surface area contributed by atoms with Crippen molar-refractivity contribution in [2.45, 2.75) is 25.3 Å². The molecule has 94 valence electrons. The first-order valence-corrected chi connectivity index (χ1v) is 5.44. The molecule has 0 bridgehead atoms. The van der Waals surface area contributed by atoms with Gasteiger partial charge in [-0.15, -0.1) is 0 Å². The lowest BCUT2D eigenvalue weighted by atomic mass is 9.89. The highest BCUT2D eigenvalue weighted by atomic mass is 16.2. The van der Waals surface area contributed by atoms with Gasteiger partial charge in [0.25, 0.3) is 5.91 Å². The highest BCUT2D eigenvalue weighted by molar-refractivity contribution is 6.07. The van der Waals surface area contributed by atoms with E-state index in [9.17, 15) is 14.4 Å². The Balaban J connectivity index is 2.37. The number of hydrogen-bond donors (Lipinski definition) is 2. The fourth-order valence-electron chi connectivity index (χ4n) is 1.86. The zero-order chi connectivity index (χ0) is 13.2. The summed E-state index contributed by atoms with van der Waals surface area (Å²) in [5.74, 6) is -0.568. The summed E-state index contributed by atoms with van der Waals surface area (Å²) in [7, 11) is 0. The molecule has 0 aromatic carbocycles. The first-order chi connectivity index (χ1) is 8.54. The van der Waals surface area contributed by atoms with Crippen molar-refractivity contribution in [2.75, 3.05) is 0 Å². The van der Waals surface area contributed by atoms with E-state index < -0.39 is 17.5 Å². The van der Waals surface area contributed by atoms with E-state index in [0.717, 1.165) is 0 Å². The average Bonchev–Trinajstić information content (AvgIpc) is 2.64. The van der Waals surface area contributed by atoms with Crippen molar-refractivity contribution in [1.82, 2.24) is 20.6 Å². The first kappa shape index (κ1) is 12.2. The Bertz CT molecular complexity index is 502. The standard InChI is InChI=1S/C11H12N4O3/c1-7(16)2-3-11(8-6-12-4-5-13-8)9(17)14-10(18)15-11/h4-6H,2-3H2,1H3,(H2,14,15,17,18). The van der Waals surface area contributed by atoms with Crippen LogP contribution in [0.5, 0.6) is 0 Å². The van der Waals surface area contributed by atoms with Crippen molar-refractivity contribution in [2.24, 2.45) is 0 Å². The van der Waals surface area contributed by atoms with Gasteiger partial charge in [-0.1, -0.05) is 0 Å². The van der Waals surface area contributed by atoms with E-state index in [1.165, 1.54) is 25.5 Å². The van der Waals surface area contributed by atoms with E-state index in [2.05, 4.69) is 20.6 Å². The van der Waals surface area contributed by atoms with Gasteiger partial charge in [0.2, 0.25) is 0 Å². The third-order valence-corrected chi connectivity index (χ3v) is 2.79. The monoisotopic (exact) mass is 248 g/mol. The Labute approximate surface area is 103 Å². The van der Waals surface area contributed by atoms with Crippen LogP contribution in [0.3, 0.4) is 0 Å². The summed E-state index contributed by atoms with van der Waals surface area (Å²) in [6.07, 6.45) is 4.65. The molecule has 0 saturated carbocycles. The van der Waals surface area contributed by atoms with E-state index >= 15 is 0 Å². The normalized spacial score (nSPS) is 22.5. The average molecular weight is 248 g/mol. The van der Waals surface area contributed by atoms with E-state index in [1.54, 1.807) is 0 Å². The lowest BCUT2D eigenvalue weighted by molar-refractivity contribution is -0.125. The molecule has 1 aliphatic rings. The summed E-state index contributed by atoms with van der Waals surface area (Å²) in [5.41, 5.74) is -0.966. The molecule has 2 rings (SSSR count). The van der Waals surface area contributed by atoms with Crippen LogP contribution in [0.4, 0.5) is 4.79 Å². The van der Waals surface area contributed by atoms with Gasteiger partial charge in [0.1, 0.15) is 5.78 Å². The third kappa shape index (κ3) is 2.06. The van der Waals surface area contributed by atoms with Gasteiger partial charge in [0, 0.05) is 18.8 Å². The number of ketones is 1. The number of hydrogen-bond acceptors (Lipinski definition) is 5. The van der Waals surface area contributed by atoms with Gasteiger partial charge in [-0.05, 0) is 13.3 Å². The topological polar surface area (TPSA) is 101 Å². The van der Waals surface area contributed by atoms with Crippen molar-refractivity contribution in [3.05, 3.63) is 24.3 Å². The van der Waals surface area contributed by atoms with E-state index in [1.807, 2.05) is 0 Å². The summed E-state index contributed by atoms with van der Waals surface area (Å²) in [6, 6.07) is -0.589. The van der Waals surface area contributed by atoms with Gasteiger partial charge in [-0.2, -0.15) is 0 Å². The number of nitrogens with zero attached hydrogens (tertiary/aromatic N) is 2. The van der Waals surface area contributed by atoms with Crippen LogP contribution in [-0.2, 0) is 15.1 Å². The van der Waals surface area contributed by atoms with Gasteiger partial charge in [0.05, 0.1) is 11.9 Å². The Hall–Kier alpha value is -2.31. The molecule has 3 amide bonds. The van der Waals surface area contributed by atoms with Gasteiger partial charge in [-0.3, -0.25) is 20.1 Å². The molecule has 1 aromatic heterocycles. The maximum Gasteiger partial charge on any atom is 0.322 e. The van der Waals surface area contributed by atoms with Crippen LogP contribution in [0.1, 0.15) is 25.5 Å². The maximum absolute atomic E-state index is 11.9. The van der Waals surface area contributed by atoms with E-state index in [4.69, 9.17) is 0 Å². The number of urea groups is 1. The van der Waals surface area contributed by atoms with Gasteiger partial charge in [0.15, 0.2) is 5.54 Å². The molecule has 1 saturated heterocycles. The van der Waals surface area contributed by atoms with Crippen LogP contribution in [0.15, 0.2) is 18.6 Å². The molecule has 1 aromatic rings. The minimum Gasteiger partial charge on any atom is -0.318 e. The van der Waals surface area contributed by atoms with Crippen LogP contribution in [0.2, 0.25) is 0 Å². The van der Waals surface area contributed by atoms with Gasteiger partial charge < -0.3 is 10.1 Å². The molecule has 7 nitrogen and oxygen atoms in total. The summed E-state index contributed by atoms with van der Waals surface area (Å²) < 4.78 is 0. The molecule has 0 aliphatic carbocycles. The SMILES string of the molecule is CC(=O)CCC1(c2cnccn2)NC(=O)NC1=O. The van der Waals surface area contributed by atoms with Crippen LogP contribution < -0.4 is 10.6 Å². The zero-order valence-electron chi connectivity index (χ0n) is 9.77. The predicted octanol–water partition coefficient (Wildman–Crippen LogP) is -0.120. The van der Waals surface area contributed by atoms with Crippen LogP contribution in [0.25, 0.3) is 0 Å². The molecule has 0 spiro atoms. The Morgan fingerprint density at radius 1 is 1.39 bits per heavy atom. The van der Waals surface area contributed by atoms with Crippen LogP contribution >= 0.6 is 0 Å². The summed E-state index contributed by atoms with van der Waals surface area (Å²) in [6.45, 7) is 1.43. The van der Waals surface area contributed by atoms with Gasteiger partial charge in [-0.25, -0.2) is 4.79 Å². The van der Waals surface area contributed by atoms with E-state index in [-0.39, 0.29) is 18.6 Å². The van der Waals surface area contributed by atoms with Crippen LogP contribution in [-0.4, -0.2) is 27.7 Å². The molecular weight excluding hydrogens is 236 g/mol. The minimum absolute atomic E-state index is 0.0628. The largest absolute Gasteiger partial charge is 0.322 e. The number of carbonyl (C=O) groups excluding carboxylic acids is 3. The Morgan fingerprint density at radius 2 is 2.17 bits per heavy atom. The number of Topliss-reactive ketones (excluding diaryl/α,β-unsaturated/α-hetero) is 1. The smallest absolute Gasteiger partial charge is 0.318 e.